The topological polar surface area (TPSA) is 64.3 Å². The molecule has 1 aromatic rings. The standard InChI is InChI=1S/C14H20N2O2/c1-3-4-8-18-9-7-16-14(17)12-10-11(2)5-6-13(12)15/h3,5-6,10H,1,4,7-9,15H2,2H3,(H,16,17). The lowest BCUT2D eigenvalue weighted by Crippen LogP contribution is -2.28. The van der Waals surface area contributed by atoms with E-state index in [1.807, 2.05) is 13.0 Å². The summed E-state index contributed by atoms with van der Waals surface area (Å²) >= 11 is 0. The van der Waals surface area contributed by atoms with E-state index in [0.29, 0.717) is 31.0 Å². The first kappa shape index (κ1) is 14.3. The summed E-state index contributed by atoms with van der Waals surface area (Å²) in [6, 6.07) is 5.40. The highest BCUT2D eigenvalue weighted by Gasteiger charge is 2.08. The molecule has 0 aliphatic heterocycles. The van der Waals surface area contributed by atoms with Gasteiger partial charge in [0, 0.05) is 12.2 Å². The van der Waals surface area contributed by atoms with Crippen LogP contribution in [0.1, 0.15) is 22.3 Å². The molecule has 0 aliphatic carbocycles. The number of carbonyl (C=O) groups is 1. The van der Waals surface area contributed by atoms with Crippen molar-refractivity contribution in [2.24, 2.45) is 0 Å². The van der Waals surface area contributed by atoms with Crippen molar-refractivity contribution in [1.82, 2.24) is 5.32 Å². The number of nitrogens with one attached hydrogen (secondary N) is 1. The van der Waals surface area contributed by atoms with Crippen LogP contribution in [0.25, 0.3) is 0 Å². The van der Waals surface area contributed by atoms with Gasteiger partial charge in [0.2, 0.25) is 0 Å². The summed E-state index contributed by atoms with van der Waals surface area (Å²) in [4.78, 5) is 11.8. The van der Waals surface area contributed by atoms with Crippen LogP contribution in [0.4, 0.5) is 5.69 Å². The number of benzene rings is 1. The minimum Gasteiger partial charge on any atom is -0.398 e. The summed E-state index contributed by atoms with van der Waals surface area (Å²) < 4.78 is 5.30. The lowest BCUT2D eigenvalue weighted by molar-refractivity contribution is 0.0918. The van der Waals surface area contributed by atoms with Crippen LogP contribution in [0.2, 0.25) is 0 Å². The highest BCUT2D eigenvalue weighted by atomic mass is 16.5. The molecule has 98 valence electrons. The zero-order valence-electron chi connectivity index (χ0n) is 10.7. The third-order valence-electron chi connectivity index (χ3n) is 2.45. The second-order valence-electron chi connectivity index (χ2n) is 4.04. The van der Waals surface area contributed by atoms with Gasteiger partial charge in [-0.1, -0.05) is 17.7 Å². The molecular weight excluding hydrogens is 228 g/mol. The molecule has 1 aromatic carbocycles. The van der Waals surface area contributed by atoms with Crippen molar-refractivity contribution in [2.75, 3.05) is 25.5 Å². The molecule has 0 fully saturated rings. The van der Waals surface area contributed by atoms with E-state index in [1.54, 1.807) is 18.2 Å². The summed E-state index contributed by atoms with van der Waals surface area (Å²) in [6.45, 7) is 7.12. The second-order valence-corrected chi connectivity index (χ2v) is 4.04. The number of anilines is 1. The summed E-state index contributed by atoms with van der Waals surface area (Å²) in [7, 11) is 0. The van der Waals surface area contributed by atoms with Crippen LogP contribution in [0.5, 0.6) is 0 Å². The fourth-order valence-electron chi connectivity index (χ4n) is 1.47. The highest BCUT2D eigenvalue weighted by Crippen LogP contribution is 2.13. The number of hydrogen-bond donors (Lipinski definition) is 2. The summed E-state index contributed by atoms with van der Waals surface area (Å²) in [6.07, 6.45) is 2.62. The Morgan fingerprint density at radius 1 is 1.50 bits per heavy atom. The normalized spacial score (nSPS) is 10.1. The van der Waals surface area contributed by atoms with Crippen LogP contribution in [0.3, 0.4) is 0 Å². The molecule has 0 atom stereocenters. The van der Waals surface area contributed by atoms with E-state index < -0.39 is 0 Å². The Labute approximate surface area is 108 Å². The van der Waals surface area contributed by atoms with E-state index >= 15 is 0 Å². The third kappa shape index (κ3) is 4.59. The smallest absolute Gasteiger partial charge is 0.253 e. The Balaban J connectivity index is 2.36. The number of ether oxygens (including phenoxy) is 1. The van der Waals surface area contributed by atoms with Gasteiger partial charge in [0.25, 0.3) is 5.91 Å². The summed E-state index contributed by atoms with van der Waals surface area (Å²) in [5.74, 6) is -0.163. The maximum absolute atomic E-state index is 11.8. The molecule has 0 saturated heterocycles. The molecule has 1 amide bonds. The van der Waals surface area contributed by atoms with Gasteiger partial charge in [-0.25, -0.2) is 0 Å². The Bertz CT molecular complexity index is 416. The van der Waals surface area contributed by atoms with Gasteiger partial charge < -0.3 is 15.8 Å². The van der Waals surface area contributed by atoms with Gasteiger partial charge in [-0.05, 0) is 25.5 Å². The first-order valence-electron chi connectivity index (χ1n) is 5.98. The fraction of sp³-hybridized carbons (Fsp3) is 0.357. The summed E-state index contributed by atoms with van der Waals surface area (Å²) in [5, 5.41) is 2.77. The number of amides is 1. The average Bonchev–Trinajstić information content (AvgIpc) is 2.36. The molecule has 0 bridgehead atoms. The maximum Gasteiger partial charge on any atom is 0.253 e. The molecule has 0 aliphatic rings. The molecule has 4 heteroatoms. The third-order valence-corrected chi connectivity index (χ3v) is 2.45. The zero-order valence-corrected chi connectivity index (χ0v) is 10.7. The van der Waals surface area contributed by atoms with Gasteiger partial charge in [0.1, 0.15) is 0 Å². The molecule has 0 radical (unpaired) electrons. The van der Waals surface area contributed by atoms with E-state index in [-0.39, 0.29) is 5.91 Å². The Morgan fingerprint density at radius 2 is 2.28 bits per heavy atom. The molecule has 1 rings (SSSR count). The monoisotopic (exact) mass is 248 g/mol. The second kappa shape index (κ2) is 7.50. The van der Waals surface area contributed by atoms with E-state index in [4.69, 9.17) is 10.5 Å². The van der Waals surface area contributed by atoms with Crippen molar-refractivity contribution >= 4 is 11.6 Å². The molecule has 4 nitrogen and oxygen atoms in total. The number of aryl methyl sites for hydroxylation is 1. The Hall–Kier alpha value is -1.81. The van der Waals surface area contributed by atoms with Crippen LogP contribution in [-0.4, -0.2) is 25.7 Å². The van der Waals surface area contributed by atoms with E-state index in [1.165, 1.54) is 0 Å². The average molecular weight is 248 g/mol. The lowest BCUT2D eigenvalue weighted by atomic mass is 10.1. The SMILES string of the molecule is C=CCCOCCNC(=O)c1cc(C)ccc1N. The van der Waals surface area contributed by atoms with Crippen molar-refractivity contribution in [3.05, 3.63) is 42.0 Å². The van der Waals surface area contributed by atoms with E-state index in [9.17, 15) is 4.79 Å². The molecule has 0 unspecified atom stereocenters. The van der Waals surface area contributed by atoms with Gasteiger partial charge in [-0.3, -0.25) is 4.79 Å². The minimum absolute atomic E-state index is 0.163. The minimum atomic E-state index is -0.163. The largest absolute Gasteiger partial charge is 0.398 e. The van der Waals surface area contributed by atoms with Crippen molar-refractivity contribution in [3.63, 3.8) is 0 Å². The van der Waals surface area contributed by atoms with Crippen molar-refractivity contribution in [1.29, 1.82) is 0 Å². The van der Waals surface area contributed by atoms with Crippen molar-refractivity contribution < 1.29 is 9.53 Å². The highest BCUT2D eigenvalue weighted by molar-refractivity contribution is 5.99. The molecule has 0 saturated carbocycles. The fourth-order valence-corrected chi connectivity index (χ4v) is 1.47. The first-order chi connectivity index (χ1) is 8.65. The van der Waals surface area contributed by atoms with Gasteiger partial charge in [0.15, 0.2) is 0 Å². The van der Waals surface area contributed by atoms with Crippen LogP contribution in [0.15, 0.2) is 30.9 Å². The number of nitrogens with two attached hydrogens (primary N) is 1. The van der Waals surface area contributed by atoms with Gasteiger partial charge in [0.05, 0.1) is 18.8 Å². The Kier molecular flexibility index (Phi) is 5.94. The van der Waals surface area contributed by atoms with Gasteiger partial charge in [-0.2, -0.15) is 0 Å². The van der Waals surface area contributed by atoms with Gasteiger partial charge in [-0.15, -0.1) is 6.58 Å². The first-order valence-corrected chi connectivity index (χ1v) is 5.98. The predicted molar refractivity (Wildman–Crippen MR) is 73.6 cm³/mol. The molecular formula is C14H20N2O2. The number of carbonyl (C=O) groups excluding carboxylic acids is 1. The number of nitrogen functional groups attached to an aromatic ring is 1. The summed E-state index contributed by atoms with van der Waals surface area (Å²) in [5.41, 5.74) is 7.77. The van der Waals surface area contributed by atoms with E-state index in [0.717, 1.165) is 12.0 Å². The Morgan fingerprint density at radius 3 is 3.00 bits per heavy atom. The number of rotatable bonds is 7. The molecule has 0 spiro atoms. The van der Waals surface area contributed by atoms with Gasteiger partial charge >= 0.3 is 0 Å². The van der Waals surface area contributed by atoms with Crippen LogP contribution < -0.4 is 11.1 Å². The quantitative estimate of drug-likeness (QED) is 0.440. The lowest BCUT2D eigenvalue weighted by Gasteiger charge is -2.08. The number of hydrogen-bond acceptors (Lipinski definition) is 3. The molecule has 0 aromatic heterocycles. The van der Waals surface area contributed by atoms with Crippen LogP contribution in [0, 0.1) is 6.92 Å². The van der Waals surface area contributed by atoms with Crippen molar-refractivity contribution in [2.45, 2.75) is 13.3 Å². The predicted octanol–water partition coefficient (Wildman–Crippen LogP) is 1.90. The molecule has 0 heterocycles. The van der Waals surface area contributed by atoms with Crippen molar-refractivity contribution in [3.8, 4) is 0 Å². The maximum atomic E-state index is 11.8. The van der Waals surface area contributed by atoms with Crippen LogP contribution in [-0.2, 0) is 4.74 Å². The van der Waals surface area contributed by atoms with E-state index in [2.05, 4.69) is 11.9 Å². The zero-order chi connectivity index (χ0) is 13.4. The molecule has 3 N–H and O–H groups in total. The van der Waals surface area contributed by atoms with Crippen LogP contribution >= 0.6 is 0 Å². The molecule has 18 heavy (non-hydrogen) atoms.